The highest BCUT2D eigenvalue weighted by molar-refractivity contribution is 5.10. The zero-order valence-electron chi connectivity index (χ0n) is 7.33. The molecule has 1 aliphatic carbocycles. The van der Waals surface area contributed by atoms with Crippen molar-refractivity contribution in [2.45, 2.75) is 40.5 Å². The van der Waals surface area contributed by atoms with E-state index in [2.05, 4.69) is 0 Å². The first kappa shape index (κ1) is 9.86. The Balaban J connectivity index is 0.000000371. The second kappa shape index (κ2) is 2.48. The Morgan fingerprint density at radius 1 is 1.10 bits per heavy atom. The van der Waals surface area contributed by atoms with Gasteiger partial charge in [-0.05, 0) is 0 Å². The molecular weight excluding hydrogens is 134 g/mol. The summed E-state index contributed by atoms with van der Waals surface area (Å²) in [7, 11) is 0. The molecule has 1 rings (SSSR count). The number of halogens is 2. The van der Waals surface area contributed by atoms with Crippen LogP contribution in [0.1, 0.15) is 34.6 Å². The molecule has 2 heteroatoms. The van der Waals surface area contributed by atoms with Gasteiger partial charge in [0.05, 0.1) is 0 Å². The van der Waals surface area contributed by atoms with E-state index < -0.39 is 17.3 Å². The summed E-state index contributed by atoms with van der Waals surface area (Å²) in [5, 5.41) is 0. The number of hydrogen-bond acceptors (Lipinski definition) is 0. The number of rotatable bonds is 0. The first-order valence-electron chi connectivity index (χ1n) is 3.78. The highest BCUT2D eigenvalue weighted by Crippen LogP contribution is 2.64. The maximum Gasteiger partial charge on any atom is 0.256 e. The van der Waals surface area contributed by atoms with Gasteiger partial charge in [0.2, 0.25) is 0 Å². The van der Waals surface area contributed by atoms with E-state index in [0.717, 1.165) is 0 Å². The Hall–Kier alpha value is -0.140. The quantitative estimate of drug-likeness (QED) is 0.497. The molecule has 0 bridgehead atoms. The van der Waals surface area contributed by atoms with Crippen LogP contribution in [-0.4, -0.2) is 5.92 Å². The molecule has 1 fully saturated rings. The van der Waals surface area contributed by atoms with Gasteiger partial charge in [-0.15, -0.1) is 0 Å². The molecule has 1 saturated carbocycles. The lowest BCUT2D eigenvalue weighted by atomic mass is 10.1. The molecule has 0 aliphatic heterocycles. The van der Waals surface area contributed by atoms with Gasteiger partial charge in [-0.2, -0.15) is 0 Å². The molecular formula is C8H16F2. The average molecular weight is 150 g/mol. The fourth-order valence-corrected chi connectivity index (χ4v) is 0.898. The van der Waals surface area contributed by atoms with Crippen molar-refractivity contribution < 1.29 is 8.78 Å². The van der Waals surface area contributed by atoms with Gasteiger partial charge in [-0.3, -0.25) is 0 Å². The Morgan fingerprint density at radius 3 is 1.20 bits per heavy atom. The smallest absolute Gasteiger partial charge is 0.206 e. The summed E-state index contributed by atoms with van der Waals surface area (Å²) in [5.41, 5.74) is -0.729. The van der Waals surface area contributed by atoms with Gasteiger partial charge in [-0.1, -0.05) is 34.6 Å². The van der Waals surface area contributed by atoms with Crippen LogP contribution in [0.2, 0.25) is 0 Å². The molecule has 0 amide bonds. The van der Waals surface area contributed by atoms with Crippen molar-refractivity contribution in [2.75, 3.05) is 0 Å². The molecule has 1 aliphatic rings. The minimum absolute atomic E-state index is 0.421. The highest BCUT2D eigenvalue weighted by atomic mass is 19.3. The molecule has 10 heavy (non-hydrogen) atoms. The molecule has 0 spiro atoms. The van der Waals surface area contributed by atoms with E-state index >= 15 is 0 Å². The zero-order valence-corrected chi connectivity index (χ0v) is 7.33. The number of alkyl halides is 2. The van der Waals surface area contributed by atoms with Crippen molar-refractivity contribution in [3.05, 3.63) is 0 Å². The first-order valence-corrected chi connectivity index (χ1v) is 3.78. The van der Waals surface area contributed by atoms with E-state index in [-0.39, 0.29) is 0 Å². The summed E-state index contributed by atoms with van der Waals surface area (Å²) in [6.07, 6.45) is 0. The van der Waals surface area contributed by atoms with E-state index in [0.29, 0.717) is 0 Å². The summed E-state index contributed by atoms with van der Waals surface area (Å²) >= 11 is 0. The van der Waals surface area contributed by atoms with Gasteiger partial charge >= 0.3 is 0 Å². The minimum Gasteiger partial charge on any atom is -0.206 e. The van der Waals surface area contributed by atoms with Crippen molar-refractivity contribution in [3.8, 4) is 0 Å². The molecule has 62 valence electrons. The Labute approximate surface area is 61.6 Å². The Kier molecular flexibility index (Phi) is 2.44. The molecule has 0 saturated heterocycles. The third-order valence-corrected chi connectivity index (χ3v) is 2.40. The fourth-order valence-electron chi connectivity index (χ4n) is 0.898. The van der Waals surface area contributed by atoms with E-state index in [1.165, 1.54) is 0 Å². The van der Waals surface area contributed by atoms with E-state index in [9.17, 15) is 8.78 Å². The first-order chi connectivity index (χ1) is 4.40. The summed E-state index contributed by atoms with van der Waals surface area (Å²) in [6.45, 7) is 8.77. The summed E-state index contributed by atoms with van der Waals surface area (Å²) in [4.78, 5) is 0. The normalized spacial score (nSPS) is 32.1. The van der Waals surface area contributed by atoms with Crippen LogP contribution in [0.15, 0.2) is 0 Å². The van der Waals surface area contributed by atoms with Crippen LogP contribution in [0.5, 0.6) is 0 Å². The highest BCUT2D eigenvalue weighted by Gasteiger charge is 2.72. The molecule has 0 nitrogen and oxygen atoms in total. The van der Waals surface area contributed by atoms with Crippen molar-refractivity contribution in [2.24, 2.45) is 11.3 Å². The van der Waals surface area contributed by atoms with Crippen molar-refractivity contribution in [3.63, 3.8) is 0 Å². The largest absolute Gasteiger partial charge is 0.256 e. The van der Waals surface area contributed by atoms with Crippen molar-refractivity contribution in [1.82, 2.24) is 0 Å². The third kappa shape index (κ3) is 1.04. The van der Waals surface area contributed by atoms with Crippen molar-refractivity contribution >= 4 is 0 Å². The van der Waals surface area contributed by atoms with Crippen LogP contribution in [0.4, 0.5) is 8.78 Å². The summed E-state index contributed by atoms with van der Waals surface area (Å²) < 4.78 is 24.6. The molecule has 0 radical (unpaired) electrons. The monoisotopic (exact) mass is 150 g/mol. The number of hydrogen-bond donors (Lipinski definition) is 0. The lowest BCUT2D eigenvalue weighted by Crippen LogP contribution is -1.99. The van der Waals surface area contributed by atoms with Crippen LogP contribution < -0.4 is 0 Å². The molecule has 0 aromatic heterocycles. The molecule has 1 unspecified atom stereocenters. The van der Waals surface area contributed by atoms with Gasteiger partial charge < -0.3 is 0 Å². The van der Waals surface area contributed by atoms with Crippen LogP contribution in [0, 0.1) is 11.3 Å². The summed E-state index contributed by atoms with van der Waals surface area (Å²) in [6, 6.07) is 0. The Bertz CT molecular complexity index is 102. The van der Waals surface area contributed by atoms with Gasteiger partial charge in [0.25, 0.3) is 5.92 Å². The molecule has 0 N–H and O–H groups in total. The standard InChI is InChI=1S/C6H10F2.C2H6/c1-4-5(2,3)6(4,7)8;1-2/h4H,1-3H3;1-2H3. The van der Waals surface area contributed by atoms with Gasteiger partial charge in [0.1, 0.15) is 0 Å². The van der Waals surface area contributed by atoms with Gasteiger partial charge in [0.15, 0.2) is 0 Å². The minimum atomic E-state index is -2.40. The second-order valence-corrected chi connectivity index (χ2v) is 3.07. The maximum atomic E-state index is 12.3. The van der Waals surface area contributed by atoms with Crippen LogP contribution in [-0.2, 0) is 0 Å². The van der Waals surface area contributed by atoms with Gasteiger partial charge in [0, 0.05) is 11.3 Å². The molecule has 1 atom stereocenters. The lowest BCUT2D eigenvalue weighted by molar-refractivity contribution is 0.0682. The third-order valence-electron chi connectivity index (χ3n) is 2.40. The van der Waals surface area contributed by atoms with Crippen LogP contribution in [0.3, 0.4) is 0 Å². The fraction of sp³-hybridized carbons (Fsp3) is 1.00. The second-order valence-electron chi connectivity index (χ2n) is 3.07. The SMILES string of the molecule is CC.CC1C(C)(C)C1(F)F. The van der Waals surface area contributed by atoms with Crippen molar-refractivity contribution in [1.29, 1.82) is 0 Å². The maximum absolute atomic E-state index is 12.3. The molecule has 0 heterocycles. The Morgan fingerprint density at radius 2 is 1.20 bits per heavy atom. The average Bonchev–Trinajstić information content (AvgIpc) is 2.20. The molecule has 0 aromatic rings. The topological polar surface area (TPSA) is 0 Å². The van der Waals surface area contributed by atoms with E-state index in [1.54, 1.807) is 20.8 Å². The van der Waals surface area contributed by atoms with E-state index in [1.807, 2.05) is 13.8 Å². The van der Waals surface area contributed by atoms with Crippen LogP contribution >= 0.6 is 0 Å². The van der Waals surface area contributed by atoms with E-state index in [4.69, 9.17) is 0 Å². The van der Waals surface area contributed by atoms with Gasteiger partial charge in [-0.25, -0.2) is 8.78 Å². The predicted octanol–water partition coefficient (Wildman–Crippen LogP) is 3.32. The van der Waals surface area contributed by atoms with Crippen LogP contribution in [0.25, 0.3) is 0 Å². The summed E-state index contributed by atoms with van der Waals surface area (Å²) in [5.74, 6) is -2.82. The molecule has 0 aromatic carbocycles. The zero-order chi connectivity index (χ0) is 8.58. The predicted molar refractivity (Wildman–Crippen MR) is 39.2 cm³/mol. The lowest BCUT2D eigenvalue weighted by Gasteiger charge is -1.96.